The Balaban J connectivity index is 2.53. The molecule has 3 N–H and O–H groups in total. The maximum atomic E-state index is 5.36. The Labute approximate surface area is 95.7 Å². The molecule has 0 fully saturated rings. The molecule has 5 heteroatoms. The lowest BCUT2D eigenvalue weighted by Gasteiger charge is -2.06. The Bertz CT molecular complexity index is 472. The van der Waals surface area contributed by atoms with Crippen molar-refractivity contribution in [2.75, 3.05) is 5.43 Å². The van der Waals surface area contributed by atoms with Gasteiger partial charge in [0.1, 0.15) is 5.69 Å². The maximum absolute atomic E-state index is 5.36. The van der Waals surface area contributed by atoms with Gasteiger partial charge in [-0.15, -0.1) is 0 Å². The van der Waals surface area contributed by atoms with Crippen LogP contribution in [-0.2, 0) is 0 Å². The normalized spacial score (nSPS) is 10.0. The van der Waals surface area contributed by atoms with Gasteiger partial charge in [0.2, 0.25) is 0 Å². The summed E-state index contributed by atoms with van der Waals surface area (Å²) in [6.07, 6.45) is 3.23. The molecule has 0 saturated carbocycles. The molecule has 1 heterocycles. The largest absolute Gasteiger partial charge is 0.307 e. The van der Waals surface area contributed by atoms with Crippen LogP contribution in [-0.4, -0.2) is 9.97 Å². The quantitative estimate of drug-likeness (QED) is 0.645. The third kappa shape index (κ3) is 2.14. The standard InChI is InChI=1S/C10H9BrN4/c11-8-3-1-2-7(6-8)9-10(15-12)14-5-4-13-9/h1-6H,12H2,(H,14,15). The SMILES string of the molecule is NNc1nccnc1-c1cccc(Br)c1. The highest BCUT2D eigenvalue weighted by molar-refractivity contribution is 9.10. The average Bonchev–Trinajstić information content (AvgIpc) is 2.29. The molecule has 0 radical (unpaired) electrons. The molecule has 2 rings (SSSR count). The number of nitrogens with two attached hydrogens (primary N) is 1. The van der Waals surface area contributed by atoms with Gasteiger partial charge in [0, 0.05) is 22.4 Å². The molecule has 1 aromatic heterocycles. The molecule has 0 aliphatic carbocycles. The number of halogens is 1. The Kier molecular flexibility index (Phi) is 2.94. The summed E-state index contributed by atoms with van der Waals surface area (Å²) in [6.45, 7) is 0. The second-order valence-electron chi connectivity index (χ2n) is 2.91. The third-order valence-corrected chi connectivity index (χ3v) is 2.43. The van der Waals surface area contributed by atoms with Gasteiger partial charge in [-0.05, 0) is 12.1 Å². The summed E-state index contributed by atoms with van der Waals surface area (Å²) in [5.41, 5.74) is 4.23. The molecule has 2 aromatic rings. The molecule has 4 nitrogen and oxygen atoms in total. The van der Waals surface area contributed by atoms with Gasteiger partial charge in [-0.2, -0.15) is 0 Å². The molecule has 0 aliphatic rings. The highest BCUT2D eigenvalue weighted by Gasteiger charge is 2.06. The van der Waals surface area contributed by atoms with Crippen LogP contribution >= 0.6 is 15.9 Å². The Morgan fingerprint density at radius 3 is 2.73 bits per heavy atom. The van der Waals surface area contributed by atoms with Crippen molar-refractivity contribution in [2.24, 2.45) is 5.84 Å². The third-order valence-electron chi connectivity index (χ3n) is 1.93. The lowest BCUT2D eigenvalue weighted by atomic mass is 10.1. The fourth-order valence-electron chi connectivity index (χ4n) is 1.29. The van der Waals surface area contributed by atoms with E-state index in [0.29, 0.717) is 5.82 Å². The van der Waals surface area contributed by atoms with Crippen molar-refractivity contribution in [3.8, 4) is 11.3 Å². The number of hydrazine groups is 1. The monoisotopic (exact) mass is 264 g/mol. The summed E-state index contributed by atoms with van der Waals surface area (Å²) in [5.74, 6) is 5.93. The van der Waals surface area contributed by atoms with Crippen molar-refractivity contribution in [1.29, 1.82) is 0 Å². The molecular formula is C10H9BrN4. The lowest BCUT2D eigenvalue weighted by molar-refractivity contribution is 1.16. The first-order valence-electron chi connectivity index (χ1n) is 4.35. The van der Waals surface area contributed by atoms with E-state index in [1.165, 1.54) is 0 Å². The van der Waals surface area contributed by atoms with E-state index in [1.54, 1.807) is 12.4 Å². The molecule has 0 spiro atoms. The van der Waals surface area contributed by atoms with Gasteiger partial charge in [0.05, 0.1) is 0 Å². The fourth-order valence-corrected chi connectivity index (χ4v) is 1.69. The predicted octanol–water partition coefficient (Wildman–Crippen LogP) is 2.19. The van der Waals surface area contributed by atoms with Gasteiger partial charge in [-0.25, -0.2) is 10.8 Å². The highest BCUT2D eigenvalue weighted by atomic mass is 79.9. The highest BCUT2D eigenvalue weighted by Crippen LogP contribution is 2.25. The summed E-state index contributed by atoms with van der Waals surface area (Å²) in [6, 6.07) is 7.81. The molecule has 76 valence electrons. The van der Waals surface area contributed by atoms with Gasteiger partial charge in [-0.1, -0.05) is 28.1 Å². The van der Waals surface area contributed by atoms with Gasteiger partial charge in [0.25, 0.3) is 0 Å². The van der Waals surface area contributed by atoms with Gasteiger partial charge in [0.15, 0.2) is 5.82 Å². The number of nitrogens with one attached hydrogen (secondary N) is 1. The molecule has 0 amide bonds. The second kappa shape index (κ2) is 4.37. The van der Waals surface area contributed by atoms with E-state index in [2.05, 4.69) is 31.3 Å². The van der Waals surface area contributed by atoms with Crippen LogP contribution in [0.4, 0.5) is 5.82 Å². The van der Waals surface area contributed by atoms with E-state index in [1.807, 2.05) is 24.3 Å². The van der Waals surface area contributed by atoms with Crippen molar-refractivity contribution >= 4 is 21.7 Å². The first-order valence-corrected chi connectivity index (χ1v) is 5.14. The lowest BCUT2D eigenvalue weighted by Crippen LogP contribution is -2.10. The Hall–Kier alpha value is -1.46. The number of aromatic nitrogens is 2. The second-order valence-corrected chi connectivity index (χ2v) is 3.82. The predicted molar refractivity (Wildman–Crippen MR) is 63.0 cm³/mol. The minimum absolute atomic E-state index is 0.565. The molecule has 0 saturated heterocycles. The minimum atomic E-state index is 0.565. The number of hydrogen-bond donors (Lipinski definition) is 2. The van der Waals surface area contributed by atoms with Crippen LogP contribution in [0, 0.1) is 0 Å². The van der Waals surface area contributed by atoms with E-state index in [-0.39, 0.29) is 0 Å². The van der Waals surface area contributed by atoms with Crippen molar-refractivity contribution < 1.29 is 0 Å². The number of benzene rings is 1. The molecule has 0 atom stereocenters. The molecule has 15 heavy (non-hydrogen) atoms. The summed E-state index contributed by atoms with van der Waals surface area (Å²) >= 11 is 3.41. The van der Waals surface area contributed by atoms with Crippen LogP contribution < -0.4 is 11.3 Å². The van der Waals surface area contributed by atoms with Crippen molar-refractivity contribution in [2.45, 2.75) is 0 Å². The number of nitrogens with zero attached hydrogens (tertiary/aromatic N) is 2. The zero-order valence-electron chi connectivity index (χ0n) is 7.81. The van der Waals surface area contributed by atoms with E-state index in [9.17, 15) is 0 Å². The first-order chi connectivity index (χ1) is 7.31. The number of hydrogen-bond acceptors (Lipinski definition) is 4. The zero-order chi connectivity index (χ0) is 10.7. The summed E-state index contributed by atoms with van der Waals surface area (Å²) in [7, 11) is 0. The molecule has 0 aliphatic heterocycles. The van der Waals surface area contributed by atoms with Gasteiger partial charge in [-0.3, -0.25) is 4.98 Å². The number of rotatable bonds is 2. The Morgan fingerprint density at radius 2 is 2.00 bits per heavy atom. The molecular weight excluding hydrogens is 256 g/mol. The van der Waals surface area contributed by atoms with Crippen LogP contribution in [0.5, 0.6) is 0 Å². The van der Waals surface area contributed by atoms with Crippen LogP contribution in [0.3, 0.4) is 0 Å². The maximum Gasteiger partial charge on any atom is 0.166 e. The van der Waals surface area contributed by atoms with E-state index in [4.69, 9.17) is 5.84 Å². The van der Waals surface area contributed by atoms with Crippen LogP contribution in [0.15, 0.2) is 41.1 Å². The van der Waals surface area contributed by atoms with Crippen LogP contribution in [0.2, 0.25) is 0 Å². The summed E-state index contributed by atoms with van der Waals surface area (Å²) < 4.78 is 0.994. The number of anilines is 1. The summed E-state index contributed by atoms with van der Waals surface area (Å²) in [5, 5.41) is 0. The van der Waals surface area contributed by atoms with E-state index < -0.39 is 0 Å². The molecule has 0 unspecified atom stereocenters. The fraction of sp³-hybridized carbons (Fsp3) is 0. The van der Waals surface area contributed by atoms with Crippen molar-refractivity contribution in [3.63, 3.8) is 0 Å². The van der Waals surface area contributed by atoms with E-state index in [0.717, 1.165) is 15.7 Å². The molecule has 1 aromatic carbocycles. The minimum Gasteiger partial charge on any atom is -0.307 e. The van der Waals surface area contributed by atoms with Gasteiger partial charge < -0.3 is 5.43 Å². The van der Waals surface area contributed by atoms with Crippen LogP contribution in [0.1, 0.15) is 0 Å². The van der Waals surface area contributed by atoms with Crippen LogP contribution in [0.25, 0.3) is 11.3 Å². The Morgan fingerprint density at radius 1 is 1.20 bits per heavy atom. The molecule has 0 bridgehead atoms. The summed E-state index contributed by atoms with van der Waals surface area (Å²) in [4.78, 5) is 8.32. The van der Waals surface area contributed by atoms with Crippen molar-refractivity contribution in [1.82, 2.24) is 9.97 Å². The first kappa shape index (κ1) is 10.1. The smallest absolute Gasteiger partial charge is 0.166 e. The van der Waals surface area contributed by atoms with Crippen molar-refractivity contribution in [3.05, 3.63) is 41.1 Å². The number of nitrogen functional groups attached to an aromatic ring is 1. The average molecular weight is 265 g/mol. The topological polar surface area (TPSA) is 63.8 Å². The zero-order valence-corrected chi connectivity index (χ0v) is 9.40. The van der Waals surface area contributed by atoms with E-state index >= 15 is 0 Å². The van der Waals surface area contributed by atoms with Gasteiger partial charge >= 0.3 is 0 Å².